The minimum absolute atomic E-state index is 0.189. The van der Waals surface area contributed by atoms with Gasteiger partial charge in [-0.2, -0.15) is 0 Å². The van der Waals surface area contributed by atoms with Gasteiger partial charge >= 0.3 is 0 Å². The molecule has 1 aromatic heterocycles. The van der Waals surface area contributed by atoms with Gasteiger partial charge in [0.15, 0.2) is 4.67 Å². The van der Waals surface area contributed by atoms with Crippen LogP contribution in [-0.2, 0) is 11.3 Å². The van der Waals surface area contributed by atoms with Crippen LogP contribution in [-0.4, -0.2) is 23.3 Å². The van der Waals surface area contributed by atoms with E-state index in [1.807, 2.05) is 6.07 Å². The molecule has 110 valence electrons. The van der Waals surface area contributed by atoms with E-state index in [-0.39, 0.29) is 19.0 Å². The fourth-order valence-electron chi connectivity index (χ4n) is 1.92. The number of furan rings is 1. The number of rotatable bonds is 5. The summed E-state index contributed by atoms with van der Waals surface area (Å²) in [5.74, 6) is -0.941. The molecule has 21 heavy (non-hydrogen) atoms. The van der Waals surface area contributed by atoms with E-state index in [2.05, 4.69) is 15.9 Å². The van der Waals surface area contributed by atoms with Crippen LogP contribution < -0.4 is 11.5 Å². The van der Waals surface area contributed by atoms with E-state index in [9.17, 15) is 9.59 Å². The quantitative estimate of drug-likeness (QED) is 0.800. The Labute approximate surface area is 129 Å². The van der Waals surface area contributed by atoms with Gasteiger partial charge in [-0.15, -0.1) is 0 Å². The summed E-state index contributed by atoms with van der Waals surface area (Å²) in [6.07, 6.45) is 1.39. The van der Waals surface area contributed by atoms with E-state index < -0.39 is 5.91 Å². The second kappa shape index (κ2) is 6.45. The standard InChI is InChI=1S/C14H14BrN3O3/c15-13-11(4-5-21-13)14(20)18(8-12(17)19)7-9-2-1-3-10(16)6-9/h1-6H,7-8,16H2,(H2,17,19). The topological polar surface area (TPSA) is 103 Å². The molecule has 0 spiro atoms. The van der Waals surface area contributed by atoms with Gasteiger partial charge in [0.2, 0.25) is 5.91 Å². The Balaban J connectivity index is 2.24. The number of carbonyl (C=O) groups is 2. The van der Waals surface area contributed by atoms with Gasteiger partial charge < -0.3 is 20.8 Å². The predicted molar refractivity (Wildman–Crippen MR) is 81.2 cm³/mol. The second-order valence-corrected chi connectivity index (χ2v) is 5.20. The monoisotopic (exact) mass is 351 g/mol. The molecular weight excluding hydrogens is 338 g/mol. The number of nitrogens with zero attached hydrogens (tertiary/aromatic N) is 1. The van der Waals surface area contributed by atoms with Gasteiger partial charge in [-0.05, 0) is 39.7 Å². The minimum Gasteiger partial charge on any atom is -0.457 e. The van der Waals surface area contributed by atoms with Crippen molar-refractivity contribution in [3.8, 4) is 0 Å². The maximum Gasteiger partial charge on any atom is 0.259 e. The molecular formula is C14H14BrN3O3. The summed E-state index contributed by atoms with van der Waals surface area (Å²) in [5.41, 5.74) is 12.7. The van der Waals surface area contributed by atoms with Crippen LogP contribution in [0.4, 0.5) is 5.69 Å². The third-order valence-corrected chi connectivity index (χ3v) is 3.42. The Bertz CT molecular complexity index is 669. The zero-order valence-corrected chi connectivity index (χ0v) is 12.7. The van der Waals surface area contributed by atoms with Crippen LogP contribution in [0.15, 0.2) is 45.7 Å². The molecule has 1 aromatic carbocycles. The summed E-state index contributed by atoms with van der Waals surface area (Å²) in [4.78, 5) is 25.0. The van der Waals surface area contributed by atoms with E-state index in [4.69, 9.17) is 15.9 Å². The van der Waals surface area contributed by atoms with Crippen molar-refractivity contribution in [2.24, 2.45) is 5.73 Å². The maximum absolute atomic E-state index is 12.4. The fourth-order valence-corrected chi connectivity index (χ4v) is 2.33. The summed E-state index contributed by atoms with van der Waals surface area (Å²) in [6.45, 7) is 0.0374. The first-order valence-electron chi connectivity index (χ1n) is 6.12. The molecule has 4 N–H and O–H groups in total. The molecule has 0 saturated heterocycles. The average molecular weight is 352 g/mol. The Kier molecular flexibility index (Phi) is 4.64. The van der Waals surface area contributed by atoms with Gasteiger partial charge in [-0.25, -0.2) is 0 Å². The zero-order chi connectivity index (χ0) is 15.4. The molecule has 0 radical (unpaired) electrons. The maximum atomic E-state index is 12.4. The first-order chi connectivity index (χ1) is 9.97. The Morgan fingerprint density at radius 3 is 2.62 bits per heavy atom. The summed E-state index contributed by atoms with van der Waals surface area (Å²) in [7, 11) is 0. The fraction of sp³-hybridized carbons (Fsp3) is 0.143. The van der Waals surface area contributed by atoms with Crippen molar-refractivity contribution in [3.05, 3.63) is 52.4 Å². The van der Waals surface area contributed by atoms with Crippen molar-refractivity contribution in [2.75, 3.05) is 12.3 Å². The molecule has 0 fully saturated rings. The van der Waals surface area contributed by atoms with E-state index >= 15 is 0 Å². The number of carbonyl (C=O) groups excluding carboxylic acids is 2. The average Bonchev–Trinajstić information content (AvgIpc) is 2.83. The third kappa shape index (κ3) is 3.85. The lowest BCUT2D eigenvalue weighted by Gasteiger charge is -2.21. The van der Waals surface area contributed by atoms with Crippen LogP contribution in [0.3, 0.4) is 0 Å². The van der Waals surface area contributed by atoms with Crippen molar-refractivity contribution >= 4 is 33.4 Å². The Morgan fingerprint density at radius 1 is 1.29 bits per heavy atom. The summed E-state index contributed by atoms with van der Waals surface area (Å²) in [5, 5.41) is 0. The van der Waals surface area contributed by atoms with E-state index in [1.54, 1.807) is 18.2 Å². The SMILES string of the molecule is NC(=O)CN(Cc1cccc(N)c1)C(=O)c1ccoc1Br. The van der Waals surface area contributed by atoms with E-state index in [1.165, 1.54) is 17.2 Å². The van der Waals surface area contributed by atoms with Crippen LogP contribution in [0, 0.1) is 0 Å². The normalized spacial score (nSPS) is 10.3. The van der Waals surface area contributed by atoms with Crippen LogP contribution in [0.25, 0.3) is 0 Å². The highest BCUT2D eigenvalue weighted by molar-refractivity contribution is 9.10. The van der Waals surface area contributed by atoms with Gasteiger partial charge in [0.05, 0.1) is 18.4 Å². The van der Waals surface area contributed by atoms with Crippen LogP contribution in [0.5, 0.6) is 0 Å². The number of hydrogen-bond donors (Lipinski definition) is 2. The van der Waals surface area contributed by atoms with Crippen LogP contribution >= 0.6 is 15.9 Å². The van der Waals surface area contributed by atoms with Crippen molar-refractivity contribution < 1.29 is 14.0 Å². The number of hydrogen-bond acceptors (Lipinski definition) is 4. The number of nitrogen functional groups attached to an aromatic ring is 1. The number of benzene rings is 1. The highest BCUT2D eigenvalue weighted by Crippen LogP contribution is 2.20. The molecule has 2 aromatic rings. The third-order valence-electron chi connectivity index (χ3n) is 2.81. The van der Waals surface area contributed by atoms with Gasteiger partial charge in [0.1, 0.15) is 0 Å². The molecule has 2 amide bonds. The molecule has 0 saturated carbocycles. The largest absolute Gasteiger partial charge is 0.457 e. The first kappa shape index (κ1) is 15.1. The van der Waals surface area contributed by atoms with Crippen molar-refractivity contribution in [3.63, 3.8) is 0 Å². The molecule has 0 aliphatic carbocycles. The zero-order valence-electron chi connectivity index (χ0n) is 11.1. The van der Waals surface area contributed by atoms with Crippen LogP contribution in [0.1, 0.15) is 15.9 Å². The lowest BCUT2D eigenvalue weighted by atomic mass is 10.1. The van der Waals surface area contributed by atoms with Gasteiger partial charge in [0, 0.05) is 12.2 Å². The van der Waals surface area contributed by atoms with Crippen molar-refractivity contribution in [1.29, 1.82) is 0 Å². The smallest absolute Gasteiger partial charge is 0.259 e. The number of primary amides is 1. The molecule has 1 heterocycles. The van der Waals surface area contributed by atoms with Gasteiger partial charge in [-0.3, -0.25) is 9.59 Å². The van der Waals surface area contributed by atoms with Crippen molar-refractivity contribution in [1.82, 2.24) is 4.90 Å². The minimum atomic E-state index is -0.591. The molecule has 0 bridgehead atoms. The summed E-state index contributed by atoms with van der Waals surface area (Å²) in [6, 6.07) is 8.62. The Morgan fingerprint density at radius 2 is 2.05 bits per heavy atom. The number of anilines is 1. The molecule has 7 heteroatoms. The highest BCUT2D eigenvalue weighted by atomic mass is 79.9. The summed E-state index contributed by atoms with van der Waals surface area (Å²) >= 11 is 3.15. The summed E-state index contributed by atoms with van der Waals surface area (Å²) < 4.78 is 5.36. The molecule has 0 atom stereocenters. The number of halogens is 1. The highest BCUT2D eigenvalue weighted by Gasteiger charge is 2.21. The lowest BCUT2D eigenvalue weighted by molar-refractivity contribution is -0.118. The first-order valence-corrected chi connectivity index (χ1v) is 6.91. The van der Waals surface area contributed by atoms with Crippen molar-refractivity contribution in [2.45, 2.75) is 6.54 Å². The molecule has 6 nitrogen and oxygen atoms in total. The number of amides is 2. The second-order valence-electron chi connectivity index (χ2n) is 4.48. The number of nitrogens with two attached hydrogens (primary N) is 2. The van der Waals surface area contributed by atoms with E-state index in [0.717, 1.165) is 5.56 Å². The molecule has 2 rings (SSSR count). The van der Waals surface area contributed by atoms with E-state index in [0.29, 0.717) is 15.9 Å². The lowest BCUT2D eigenvalue weighted by Crippen LogP contribution is -2.38. The molecule has 0 unspecified atom stereocenters. The molecule has 0 aliphatic heterocycles. The predicted octanol–water partition coefficient (Wildman–Crippen LogP) is 1.75. The van der Waals surface area contributed by atoms with Gasteiger partial charge in [-0.1, -0.05) is 12.1 Å². The van der Waals surface area contributed by atoms with Crippen LogP contribution in [0.2, 0.25) is 0 Å². The Hall–Kier alpha value is -2.28. The molecule has 0 aliphatic rings. The van der Waals surface area contributed by atoms with Gasteiger partial charge in [0.25, 0.3) is 5.91 Å².